The zero-order chi connectivity index (χ0) is 16.0. The van der Waals surface area contributed by atoms with Gasteiger partial charge in [-0.3, -0.25) is 0 Å². The van der Waals surface area contributed by atoms with Crippen LogP contribution < -0.4 is 0 Å². The highest BCUT2D eigenvalue weighted by atomic mass is 32.2. The van der Waals surface area contributed by atoms with Crippen molar-refractivity contribution in [3.8, 4) is 0 Å². The van der Waals surface area contributed by atoms with Crippen molar-refractivity contribution in [2.24, 2.45) is 0 Å². The first-order chi connectivity index (χ1) is 9.84. The molecule has 0 N–H and O–H groups in total. The molecule has 1 aromatic heterocycles. The minimum absolute atomic E-state index is 0.270. The first-order valence-corrected chi connectivity index (χ1v) is 7.69. The minimum atomic E-state index is -3.67. The van der Waals surface area contributed by atoms with Gasteiger partial charge in [-0.2, -0.15) is 12.7 Å². The Morgan fingerprint density at radius 2 is 2.19 bits per heavy atom. The average Bonchev–Trinajstić information content (AvgIpc) is 2.80. The maximum atomic E-state index is 12.2. The summed E-state index contributed by atoms with van der Waals surface area (Å²) >= 11 is 0. The summed E-state index contributed by atoms with van der Waals surface area (Å²) in [5, 5.41) is 0. The highest BCUT2D eigenvalue weighted by Gasteiger charge is 2.21. The van der Waals surface area contributed by atoms with Crippen molar-refractivity contribution in [1.82, 2.24) is 13.3 Å². The van der Waals surface area contributed by atoms with Gasteiger partial charge in [0.2, 0.25) is 0 Å². The van der Waals surface area contributed by atoms with Crippen molar-refractivity contribution in [2.45, 2.75) is 13.3 Å². The Kier molecular flexibility index (Phi) is 5.86. The molecular formula is C13H19N3O4S. The fourth-order valence-corrected chi connectivity index (χ4v) is 2.52. The Balaban J connectivity index is 3.22. The van der Waals surface area contributed by atoms with Gasteiger partial charge in [0.15, 0.2) is 0 Å². The molecule has 0 aliphatic rings. The van der Waals surface area contributed by atoms with Gasteiger partial charge in [-0.05, 0) is 13.0 Å². The number of allylic oxidation sites excluding steroid dienone is 1. The number of carbonyl (C=O) groups excluding carboxylic acids is 1. The molecule has 0 saturated carbocycles. The molecule has 0 atom stereocenters. The van der Waals surface area contributed by atoms with Crippen molar-refractivity contribution < 1.29 is 17.9 Å². The average molecular weight is 313 g/mol. The highest BCUT2D eigenvalue weighted by Crippen LogP contribution is 2.15. The van der Waals surface area contributed by atoms with Crippen LogP contribution in [0.25, 0.3) is 6.08 Å². The summed E-state index contributed by atoms with van der Waals surface area (Å²) in [7, 11) is -0.805. The molecule has 0 bridgehead atoms. The predicted octanol–water partition coefficient (Wildman–Crippen LogP) is 0.842. The first kappa shape index (κ1) is 17.1. The van der Waals surface area contributed by atoms with Crippen LogP contribution in [0.3, 0.4) is 0 Å². The maximum absolute atomic E-state index is 12.2. The molecule has 0 aliphatic heterocycles. The number of ether oxygens (including phenoxy) is 1. The molecule has 116 valence electrons. The SMILES string of the molecule is C=CCc1c(/C=C/C(=O)OCC)ncn1S(=O)(=O)N(C)C. The van der Waals surface area contributed by atoms with Crippen LogP contribution in [0.4, 0.5) is 0 Å². The number of esters is 1. The van der Waals surface area contributed by atoms with Gasteiger partial charge in [-0.15, -0.1) is 6.58 Å². The highest BCUT2D eigenvalue weighted by molar-refractivity contribution is 7.87. The zero-order valence-electron chi connectivity index (χ0n) is 12.3. The Morgan fingerprint density at radius 3 is 2.71 bits per heavy atom. The van der Waals surface area contributed by atoms with Crippen molar-refractivity contribution in [1.29, 1.82) is 0 Å². The summed E-state index contributed by atoms with van der Waals surface area (Å²) < 4.78 is 31.3. The fraction of sp³-hybridized carbons (Fsp3) is 0.385. The lowest BCUT2D eigenvalue weighted by Crippen LogP contribution is -2.29. The molecule has 8 heteroatoms. The largest absolute Gasteiger partial charge is 0.463 e. The number of hydrogen-bond acceptors (Lipinski definition) is 5. The zero-order valence-corrected chi connectivity index (χ0v) is 13.1. The maximum Gasteiger partial charge on any atom is 0.330 e. The third-order valence-electron chi connectivity index (χ3n) is 2.57. The van der Waals surface area contributed by atoms with Gasteiger partial charge in [0, 0.05) is 26.6 Å². The van der Waals surface area contributed by atoms with E-state index in [9.17, 15) is 13.2 Å². The second-order valence-electron chi connectivity index (χ2n) is 4.24. The summed E-state index contributed by atoms with van der Waals surface area (Å²) in [5.41, 5.74) is 0.813. The van der Waals surface area contributed by atoms with E-state index >= 15 is 0 Å². The molecular weight excluding hydrogens is 294 g/mol. The second kappa shape index (κ2) is 7.19. The molecule has 0 unspecified atom stereocenters. The molecule has 0 spiro atoms. The van der Waals surface area contributed by atoms with Crippen LogP contribution in [0.2, 0.25) is 0 Å². The number of imidazole rings is 1. The molecule has 0 amide bonds. The van der Waals surface area contributed by atoms with Gasteiger partial charge in [0.25, 0.3) is 0 Å². The van der Waals surface area contributed by atoms with Crippen molar-refractivity contribution in [3.05, 3.63) is 36.4 Å². The third-order valence-corrected chi connectivity index (χ3v) is 4.31. The van der Waals surface area contributed by atoms with E-state index in [0.29, 0.717) is 17.8 Å². The number of rotatable bonds is 7. The lowest BCUT2D eigenvalue weighted by atomic mass is 10.2. The van der Waals surface area contributed by atoms with Crippen LogP contribution in [-0.2, 0) is 26.2 Å². The smallest absolute Gasteiger partial charge is 0.330 e. The van der Waals surface area contributed by atoms with E-state index in [-0.39, 0.29) is 6.61 Å². The van der Waals surface area contributed by atoms with Crippen LogP contribution in [0.15, 0.2) is 25.1 Å². The van der Waals surface area contributed by atoms with Crippen molar-refractivity contribution in [2.75, 3.05) is 20.7 Å². The normalized spacial score (nSPS) is 12.0. The summed E-state index contributed by atoms with van der Waals surface area (Å²) in [6.45, 7) is 5.58. The fourth-order valence-electron chi connectivity index (χ4n) is 1.55. The summed E-state index contributed by atoms with van der Waals surface area (Å²) in [4.78, 5) is 15.3. The third kappa shape index (κ3) is 4.02. The number of hydrogen-bond donors (Lipinski definition) is 0. The van der Waals surface area contributed by atoms with E-state index in [4.69, 9.17) is 4.74 Å². The van der Waals surface area contributed by atoms with Crippen LogP contribution in [0.1, 0.15) is 18.3 Å². The monoisotopic (exact) mass is 313 g/mol. The molecule has 1 aromatic rings. The van der Waals surface area contributed by atoms with Gasteiger partial charge < -0.3 is 4.74 Å². The standard InChI is InChI=1S/C13H19N3O4S/c1-5-7-12-11(8-9-13(17)20-6-2)14-10-16(12)21(18,19)15(3)4/h5,8-10H,1,6-7H2,2-4H3/b9-8+. The quantitative estimate of drug-likeness (QED) is 0.423. The Morgan fingerprint density at radius 1 is 1.52 bits per heavy atom. The molecule has 1 rings (SSSR count). The van der Waals surface area contributed by atoms with Crippen molar-refractivity contribution >= 4 is 22.3 Å². The first-order valence-electron chi connectivity index (χ1n) is 6.29. The minimum Gasteiger partial charge on any atom is -0.463 e. The Hall–Kier alpha value is -1.93. The van der Waals surface area contributed by atoms with Gasteiger partial charge in [0.1, 0.15) is 6.33 Å². The van der Waals surface area contributed by atoms with E-state index < -0.39 is 16.2 Å². The summed E-state index contributed by atoms with van der Waals surface area (Å²) in [5.74, 6) is -0.507. The molecule has 21 heavy (non-hydrogen) atoms. The van der Waals surface area contributed by atoms with Gasteiger partial charge >= 0.3 is 16.2 Å². The van der Waals surface area contributed by atoms with Crippen LogP contribution in [0.5, 0.6) is 0 Å². The lowest BCUT2D eigenvalue weighted by Gasteiger charge is -2.14. The molecule has 0 aromatic carbocycles. The van der Waals surface area contributed by atoms with Gasteiger partial charge in [-0.25, -0.2) is 13.8 Å². The molecule has 1 heterocycles. The molecule has 0 radical (unpaired) electrons. The van der Waals surface area contributed by atoms with E-state index in [1.54, 1.807) is 13.0 Å². The van der Waals surface area contributed by atoms with Gasteiger partial charge in [-0.1, -0.05) is 6.08 Å². The predicted molar refractivity (Wildman–Crippen MR) is 79.8 cm³/mol. The van der Waals surface area contributed by atoms with Crippen molar-refractivity contribution in [3.63, 3.8) is 0 Å². The molecule has 0 aliphatic carbocycles. The van der Waals surface area contributed by atoms with E-state index in [1.807, 2.05) is 0 Å². The van der Waals surface area contributed by atoms with Crippen LogP contribution >= 0.6 is 0 Å². The summed E-state index contributed by atoms with van der Waals surface area (Å²) in [6.07, 6.45) is 5.72. The number of carbonyl (C=O) groups is 1. The molecule has 0 fully saturated rings. The summed E-state index contributed by atoms with van der Waals surface area (Å²) in [6, 6.07) is 0. The van der Waals surface area contributed by atoms with E-state index in [1.165, 1.54) is 32.6 Å². The van der Waals surface area contributed by atoms with Gasteiger partial charge in [0.05, 0.1) is 18.0 Å². The molecule has 0 saturated heterocycles. The topological polar surface area (TPSA) is 81.5 Å². The van der Waals surface area contributed by atoms with Crippen LogP contribution in [-0.4, -0.2) is 48.4 Å². The number of nitrogens with zero attached hydrogens (tertiary/aromatic N) is 3. The second-order valence-corrected chi connectivity index (χ2v) is 6.26. The van der Waals surface area contributed by atoms with Crippen LogP contribution in [0, 0.1) is 0 Å². The van der Waals surface area contributed by atoms with E-state index in [0.717, 1.165) is 8.28 Å². The number of aromatic nitrogens is 2. The Bertz CT molecular complexity index is 644. The van der Waals surface area contributed by atoms with E-state index in [2.05, 4.69) is 11.6 Å². The Labute approximate surface area is 124 Å². The molecule has 7 nitrogen and oxygen atoms in total. The lowest BCUT2D eigenvalue weighted by molar-refractivity contribution is -0.137.